The van der Waals surface area contributed by atoms with Crippen molar-refractivity contribution < 1.29 is 24.2 Å². The summed E-state index contributed by atoms with van der Waals surface area (Å²) in [5, 5.41) is 11.0. The topological polar surface area (TPSA) is 78.9 Å². The number of thioether (sulfide) groups is 1. The van der Waals surface area contributed by atoms with Crippen molar-refractivity contribution in [1.82, 2.24) is 4.90 Å². The zero-order valence-corrected chi connectivity index (χ0v) is 14.3. The van der Waals surface area contributed by atoms with Gasteiger partial charge < -0.3 is 19.4 Å². The van der Waals surface area contributed by atoms with Crippen molar-refractivity contribution in [2.75, 3.05) is 14.2 Å². The van der Waals surface area contributed by atoms with Crippen molar-refractivity contribution in [3.63, 3.8) is 0 Å². The molecule has 1 heterocycles. The summed E-state index contributed by atoms with van der Waals surface area (Å²) in [6, 6.07) is 4.04. The summed E-state index contributed by atoms with van der Waals surface area (Å²) in [5.74, 6) is -0.664. The number of aliphatic carboxylic acids is 1. The minimum absolute atomic E-state index is 0.180. The summed E-state index contributed by atoms with van der Waals surface area (Å²) in [4.78, 5) is 24.8. The molecule has 1 aromatic rings. The summed E-state index contributed by atoms with van der Waals surface area (Å²) in [6.45, 7) is 1.36. The fourth-order valence-electron chi connectivity index (χ4n) is 2.01. The van der Waals surface area contributed by atoms with Crippen LogP contribution < -0.4 is 14.6 Å². The zero-order chi connectivity index (χ0) is 17.1. The zero-order valence-electron chi connectivity index (χ0n) is 12.7. The van der Waals surface area contributed by atoms with Gasteiger partial charge in [-0.1, -0.05) is 24.0 Å². The largest absolute Gasteiger partial charge is 0.548 e. The number of ether oxygens (including phenoxy) is 2. The van der Waals surface area contributed by atoms with Gasteiger partial charge in [0.2, 0.25) is 0 Å². The SMILES string of the molecule is COc1ccc(OC)c(/C=C2/SC(=S)N([C@@H](C)C(=O)[O-])C2=O)c1. The van der Waals surface area contributed by atoms with Gasteiger partial charge in [0.15, 0.2) is 0 Å². The van der Waals surface area contributed by atoms with Crippen LogP contribution in [0.1, 0.15) is 12.5 Å². The number of methoxy groups -OCH3 is 2. The van der Waals surface area contributed by atoms with Crippen molar-refractivity contribution in [3.05, 3.63) is 28.7 Å². The molecule has 1 fully saturated rings. The first-order chi connectivity index (χ1) is 10.9. The Balaban J connectivity index is 2.39. The number of nitrogens with zero attached hydrogens (tertiary/aromatic N) is 1. The van der Waals surface area contributed by atoms with Crippen LogP contribution in [0, 0.1) is 0 Å². The summed E-state index contributed by atoms with van der Waals surface area (Å²) < 4.78 is 10.6. The Bertz CT molecular complexity index is 701. The van der Waals surface area contributed by atoms with Gasteiger partial charge in [0.1, 0.15) is 15.8 Å². The molecule has 0 radical (unpaired) electrons. The first-order valence-electron chi connectivity index (χ1n) is 6.59. The summed E-state index contributed by atoms with van der Waals surface area (Å²) in [7, 11) is 3.05. The van der Waals surface area contributed by atoms with Crippen molar-refractivity contribution >= 4 is 46.3 Å². The predicted octanol–water partition coefficient (Wildman–Crippen LogP) is 1.04. The number of carbonyl (C=O) groups is 2. The first-order valence-corrected chi connectivity index (χ1v) is 7.81. The van der Waals surface area contributed by atoms with Gasteiger partial charge in [-0.25, -0.2) is 0 Å². The number of amides is 1. The molecule has 122 valence electrons. The minimum Gasteiger partial charge on any atom is -0.548 e. The number of carboxylic acid groups (broad SMARTS) is 1. The van der Waals surface area contributed by atoms with Gasteiger partial charge in [0.05, 0.1) is 31.1 Å². The highest BCUT2D eigenvalue weighted by atomic mass is 32.2. The summed E-state index contributed by atoms with van der Waals surface area (Å²) in [6.07, 6.45) is 1.60. The maximum Gasteiger partial charge on any atom is 0.266 e. The molecule has 23 heavy (non-hydrogen) atoms. The van der Waals surface area contributed by atoms with Crippen LogP contribution in [0.15, 0.2) is 23.1 Å². The van der Waals surface area contributed by atoms with E-state index in [-0.39, 0.29) is 4.32 Å². The van der Waals surface area contributed by atoms with E-state index in [1.54, 1.807) is 24.3 Å². The number of carboxylic acids is 1. The Morgan fingerprint density at radius 2 is 2.09 bits per heavy atom. The van der Waals surface area contributed by atoms with Crippen LogP contribution in [-0.4, -0.2) is 41.4 Å². The average Bonchev–Trinajstić information content (AvgIpc) is 2.80. The number of hydrogen-bond acceptors (Lipinski definition) is 7. The molecule has 8 heteroatoms. The van der Waals surface area contributed by atoms with Gasteiger partial charge >= 0.3 is 0 Å². The normalized spacial score (nSPS) is 17.5. The lowest BCUT2D eigenvalue weighted by atomic mass is 10.1. The van der Waals surface area contributed by atoms with E-state index in [2.05, 4.69) is 0 Å². The molecule has 0 aromatic heterocycles. The van der Waals surface area contributed by atoms with Gasteiger partial charge in [-0.2, -0.15) is 0 Å². The van der Waals surface area contributed by atoms with Crippen molar-refractivity contribution in [2.45, 2.75) is 13.0 Å². The van der Waals surface area contributed by atoms with Crippen LogP contribution in [0.3, 0.4) is 0 Å². The first kappa shape index (κ1) is 17.3. The third kappa shape index (κ3) is 3.48. The molecule has 6 nitrogen and oxygen atoms in total. The van der Waals surface area contributed by atoms with Gasteiger partial charge in [-0.15, -0.1) is 0 Å². The summed E-state index contributed by atoms with van der Waals surface area (Å²) >= 11 is 6.13. The Morgan fingerprint density at radius 3 is 2.65 bits per heavy atom. The average molecular weight is 352 g/mol. The third-order valence-corrected chi connectivity index (χ3v) is 4.61. The highest BCUT2D eigenvalue weighted by Gasteiger charge is 2.36. The van der Waals surface area contributed by atoms with Crippen molar-refractivity contribution in [2.24, 2.45) is 0 Å². The minimum atomic E-state index is -1.36. The van der Waals surface area contributed by atoms with Gasteiger partial charge in [-0.05, 0) is 31.2 Å². The van der Waals surface area contributed by atoms with E-state index in [1.807, 2.05) is 0 Å². The quantitative estimate of drug-likeness (QED) is 0.579. The van der Waals surface area contributed by atoms with E-state index < -0.39 is 17.9 Å². The molecule has 0 N–H and O–H groups in total. The number of carbonyl (C=O) groups excluding carboxylic acids is 2. The van der Waals surface area contributed by atoms with Crippen LogP contribution in [0.5, 0.6) is 11.5 Å². The molecule has 0 aliphatic carbocycles. The van der Waals surface area contributed by atoms with Crippen LogP contribution in [0.25, 0.3) is 6.08 Å². The molecular formula is C15H14NO5S2-. The van der Waals surface area contributed by atoms with E-state index in [1.165, 1.54) is 21.1 Å². The van der Waals surface area contributed by atoms with Gasteiger partial charge in [-0.3, -0.25) is 9.69 Å². The van der Waals surface area contributed by atoms with Gasteiger partial charge in [0, 0.05) is 5.56 Å². The Labute approximate surface area is 143 Å². The highest BCUT2D eigenvalue weighted by molar-refractivity contribution is 8.26. The highest BCUT2D eigenvalue weighted by Crippen LogP contribution is 2.36. The smallest absolute Gasteiger partial charge is 0.266 e. The molecule has 2 rings (SSSR count). The molecule has 1 aliphatic heterocycles. The lowest BCUT2D eigenvalue weighted by Crippen LogP contribution is -2.48. The predicted molar refractivity (Wildman–Crippen MR) is 89.0 cm³/mol. The molecule has 0 unspecified atom stereocenters. The monoisotopic (exact) mass is 352 g/mol. The fraction of sp³-hybridized carbons (Fsp3) is 0.267. The molecule has 0 spiro atoms. The lowest BCUT2D eigenvalue weighted by molar-refractivity contribution is -0.309. The summed E-state index contributed by atoms with van der Waals surface area (Å²) in [5.41, 5.74) is 0.633. The number of thiocarbonyl (C=S) groups is 1. The maximum absolute atomic E-state index is 12.4. The number of hydrogen-bond donors (Lipinski definition) is 0. The van der Waals surface area contributed by atoms with Crippen molar-refractivity contribution in [3.8, 4) is 11.5 Å². The fourth-order valence-corrected chi connectivity index (χ4v) is 3.42. The third-order valence-electron chi connectivity index (χ3n) is 3.28. The Kier molecular flexibility index (Phi) is 5.27. The standard InChI is InChI=1S/C15H15NO5S2/c1-8(14(18)19)16-13(17)12(23-15(16)22)7-9-6-10(20-2)4-5-11(9)21-3/h4-8H,1-3H3,(H,18,19)/p-1/b12-7+/t8-/m0/s1. The number of benzene rings is 1. The van der Waals surface area contributed by atoms with E-state index >= 15 is 0 Å². The van der Waals surface area contributed by atoms with E-state index in [4.69, 9.17) is 21.7 Å². The van der Waals surface area contributed by atoms with Gasteiger partial charge in [0.25, 0.3) is 5.91 Å². The van der Waals surface area contributed by atoms with Crippen LogP contribution in [-0.2, 0) is 9.59 Å². The van der Waals surface area contributed by atoms with E-state index in [0.29, 0.717) is 22.0 Å². The van der Waals surface area contributed by atoms with E-state index in [9.17, 15) is 14.7 Å². The molecular weight excluding hydrogens is 338 g/mol. The molecule has 1 aliphatic rings. The molecule has 1 amide bonds. The Hall–Kier alpha value is -2.06. The Morgan fingerprint density at radius 1 is 1.39 bits per heavy atom. The second-order valence-electron chi connectivity index (χ2n) is 4.65. The molecule has 1 atom stereocenters. The second kappa shape index (κ2) is 7.01. The lowest BCUT2D eigenvalue weighted by Gasteiger charge is -2.23. The van der Waals surface area contributed by atoms with Crippen LogP contribution in [0.4, 0.5) is 0 Å². The van der Waals surface area contributed by atoms with Crippen LogP contribution in [0.2, 0.25) is 0 Å². The second-order valence-corrected chi connectivity index (χ2v) is 6.33. The molecule has 1 saturated heterocycles. The molecule has 0 bridgehead atoms. The van der Waals surface area contributed by atoms with Crippen LogP contribution >= 0.6 is 24.0 Å². The van der Waals surface area contributed by atoms with E-state index in [0.717, 1.165) is 16.7 Å². The molecule has 1 aromatic carbocycles. The number of rotatable bonds is 5. The maximum atomic E-state index is 12.4. The molecule has 0 saturated carbocycles. The van der Waals surface area contributed by atoms with Crippen molar-refractivity contribution in [1.29, 1.82) is 0 Å².